The van der Waals surface area contributed by atoms with Gasteiger partial charge in [-0.3, -0.25) is 4.79 Å². The Morgan fingerprint density at radius 2 is 1.79 bits per heavy atom. The largest absolute Gasteiger partial charge is 0.462 e. The Morgan fingerprint density at radius 1 is 1.09 bits per heavy atom. The Kier molecular flexibility index (Phi) is 8.17. The Balaban J connectivity index is 1.78. The number of nitrogens with one attached hydrogen (secondary N) is 1. The van der Waals surface area contributed by atoms with E-state index in [1.807, 2.05) is 31.2 Å². The maximum atomic E-state index is 12.7. The molecule has 3 aromatic rings. The molecule has 0 unspecified atom stereocenters. The number of esters is 2. The van der Waals surface area contributed by atoms with Gasteiger partial charge in [0.1, 0.15) is 9.88 Å². The van der Waals surface area contributed by atoms with Crippen LogP contribution in [-0.2, 0) is 14.3 Å². The van der Waals surface area contributed by atoms with Crippen LogP contribution in [0.25, 0.3) is 5.69 Å². The van der Waals surface area contributed by atoms with Crippen LogP contribution in [0.5, 0.6) is 0 Å². The van der Waals surface area contributed by atoms with E-state index in [1.165, 1.54) is 0 Å². The van der Waals surface area contributed by atoms with Crippen LogP contribution in [0.3, 0.4) is 0 Å². The van der Waals surface area contributed by atoms with Gasteiger partial charge in [0, 0.05) is 0 Å². The number of para-hydroxylation sites is 1. The summed E-state index contributed by atoms with van der Waals surface area (Å²) in [6.07, 6.45) is 0. The fourth-order valence-electron chi connectivity index (χ4n) is 2.96. The molecule has 1 N–H and O–H groups in total. The lowest BCUT2D eigenvalue weighted by atomic mass is 10.1. The summed E-state index contributed by atoms with van der Waals surface area (Å²) in [6, 6.07) is 7.61. The number of thioether (sulfide) groups is 1. The maximum Gasteiger partial charge on any atom is 0.348 e. The number of aromatic nitrogens is 4. The zero-order chi connectivity index (χ0) is 24.0. The van der Waals surface area contributed by atoms with Crippen LogP contribution >= 0.6 is 23.1 Å². The van der Waals surface area contributed by atoms with Crippen molar-refractivity contribution in [3.8, 4) is 5.69 Å². The molecule has 0 aliphatic heterocycles. The number of hydrogen-bond acceptors (Lipinski definition) is 10. The van der Waals surface area contributed by atoms with E-state index < -0.39 is 11.9 Å². The fraction of sp³-hybridized carbons (Fsp3) is 0.333. The van der Waals surface area contributed by atoms with Crippen molar-refractivity contribution in [2.24, 2.45) is 0 Å². The van der Waals surface area contributed by atoms with Gasteiger partial charge < -0.3 is 14.8 Å². The average Bonchev–Trinajstić information content (AvgIpc) is 3.37. The highest BCUT2D eigenvalue weighted by molar-refractivity contribution is 7.99. The zero-order valence-corrected chi connectivity index (χ0v) is 20.2. The Labute approximate surface area is 198 Å². The molecule has 0 fully saturated rings. The second-order valence-electron chi connectivity index (χ2n) is 6.70. The number of carbonyl (C=O) groups is 3. The van der Waals surface area contributed by atoms with Gasteiger partial charge in [-0.2, -0.15) is 4.68 Å². The van der Waals surface area contributed by atoms with E-state index in [0.717, 1.165) is 34.3 Å². The van der Waals surface area contributed by atoms with E-state index in [9.17, 15) is 14.4 Å². The molecular weight excluding hydrogens is 466 g/mol. The van der Waals surface area contributed by atoms with Crippen molar-refractivity contribution in [2.75, 3.05) is 24.3 Å². The molecule has 0 spiro atoms. The predicted octanol–water partition coefficient (Wildman–Crippen LogP) is 3.42. The quantitative estimate of drug-likeness (QED) is 0.355. The van der Waals surface area contributed by atoms with Crippen molar-refractivity contribution in [3.05, 3.63) is 45.8 Å². The topological polar surface area (TPSA) is 125 Å². The van der Waals surface area contributed by atoms with Crippen LogP contribution in [0, 0.1) is 13.8 Å². The second-order valence-corrected chi connectivity index (χ2v) is 8.66. The van der Waals surface area contributed by atoms with Gasteiger partial charge in [-0.1, -0.05) is 30.0 Å². The standard InChI is InChI=1S/C21H23N5O5S2/c1-5-30-19(28)16-13(4)17(20(29)31-6-2)33-18(16)22-15(27)11-32-21-23-24-25-26(21)14-10-8-7-9-12(14)3/h7-10H,5-6,11H2,1-4H3,(H,22,27). The number of tetrazole rings is 1. The number of nitrogens with zero attached hydrogens (tertiary/aromatic N) is 4. The molecule has 0 saturated carbocycles. The summed E-state index contributed by atoms with van der Waals surface area (Å²) in [4.78, 5) is 37.7. The van der Waals surface area contributed by atoms with Gasteiger partial charge in [0.05, 0.1) is 30.2 Å². The first-order valence-corrected chi connectivity index (χ1v) is 11.9. The Morgan fingerprint density at radius 3 is 2.48 bits per heavy atom. The zero-order valence-electron chi connectivity index (χ0n) is 18.6. The first kappa shape index (κ1) is 24.4. The van der Waals surface area contributed by atoms with Crippen LogP contribution in [0.4, 0.5) is 5.00 Å². The molecule has 3 rings (SSSR count). The van der Waals surface area contributed by atoms with Crippen molar-refractivity contribution in [2.45, 2.75) is 32.9 Å². The number of thiophene rings is 1. The highest BCUT2D eigenvalue weighted by Crippen LogP contribution is 2.34. The van der Waals surface area contributed by atoms with Gasteiger partial charge in [0.15, 0.2) is 0 Å². The number of anilines is 1. The Hall–Kier alpha value is -3.25. The van der Waals surface area contributed by atoms with E-state index in [2.05, 4.69) is 20.8 Å². The summed E-state index contributed by atoms with van der Waals surface area (Å²) in [5, 5.41) is 15.1. The first-order chi connectivity index (χ1) is 15.9. The predicted molar refractivity (Wildman–Crippen MR) is 124 cm³/mol. The van der Waals surface area contributed by atoms with Gasteiger partial charge in [-0.25, -0.2) is 9.59 Å². The van der Waals surface area contributed by atoms with Crippen LogP contribution < -0.4 is 5.32 Å². The summed E-state index contributed by atoms with van der Waals surface area (Å²) in [6.45, 7) is 7.29. The van der Waals surface area contributed by atoms with Gasteiger partial charge in [-0.05, 0) is 55.3 Å². The van der Waals surface area contributed by atoms with E-state index >= 15 is 0 Å². The summed E-state index contributed by atoms with van der Waals surface area (Å²) in [7, 11) is 0. The van der Waals surface area contributed by atoms with Crippen molar-refractivity contribution in [3.63, 3.8) is 0 Å². The summed E-state index contributed by atoms with van der Waals surface area (Å²) in [5.41, 5.74) is 2.34. The highest BCUT2D eigenvalue weighted by atomic mass is 32.2. The minimum Gasteiger partial charge on any atom is -0.462 e. The summed E-state index contributed by atoms with van der Waals surface area (Å²) >= 11 is 2.13. The molecule has 0 bridgehead atoms. The molecule has 12 heteroatoms. The average molecular weight is 490 g/mol. The van der Waals surface area contributed by atoms with Gasteiger partial charge in [-0.15, -0.1) is 16.4 Å². The molecule has 33 heavy (non-hydrogen) atoms. The van der Waals surface area contributed by atoms with Gasteiger partial charge in [0.25, 0.3) is 0 Å². The monoisotopic (exact) mass is 489 g/mol. The SMILES string of the molecule is CCOC(=O)c1sc(NC(=O)CSc2nnnn2-c2ccccc2C)c(C(=O)OCC)c1C. The smallest absolute Gasteiger partial charge is 0.348 e. The molecule has 2 aromatic heterocycles. The van der Waals surface area contributed by atoms with Crippen LogP contribution in [0.2, 0.25) is 0 Å². The molecule has 10 nitrogen and oxygen atoms in total. The number of amides is 1. The third-order valence-corrected chi connectivity index (χ3v) is 6.56. The first-order valence-electron chi connectivity index (χ1n) is 10.1. The molecule has 2 heterocycles. The van der Waals surface area contributed by atoms with E-state index in [0.29, 0.717) is 10.7 Å². The number of aryl methyl sites for hydroxylation is 1. The van der Waals surface area contributed by atoms with E-state index in [1.54, 1.807) is 25.5 Å². The van der Waals surface area contributed by atoms with Crippen LogP contribution in [0.1, 0.15) is 45.0 Å². The highest BCUT2D eigenvalue weighted by Gasteiger charge is 2.27. The Bertz CT molecular complexity index is 1170. The van der Waals surface area contributed by atoms with Crippen LogP contribution in [-0.4, -0.2) is 57.0 Å². The third kappa shape index (κ3) is 5.57. The lowest BCUT2D eigenvalue weighted by Gasteiger charge is -2.08. The number of hydrogen-bond donors (Lipinski definition) is 1. The normalized spacial score (nSPS) is 10.7. The molecular formula is C21H23N5O5S2. The minimum absolute atomic E-state index is 0.0137. The van der Waals surface area contributed by atoms with Gasteiger partial charge >= 0.3 is 11.9 Å². The van der Waals surface area contributed by atoms with Crippen molar-refractivity contribution >= 4 is 45.9 Å². The van der Waals surface area contributed by atoms with E-state index in [4.69, 9.17) is 9.47 Å². The maximum absolute atomic E-state index is 12.7. The number of benzene rings is 1. The molecule has 1 aromatic carbocycles. The van der Waals surface area contributed by atoms with Crippen molar-refractivity contribution in [1.29, 1.82) is 0 Å². The number of carbonyl (C=O) groups excluding carboxylic acids is 3. The number of rotatable bonds is 9. The minimum atomic E-state index is -0.617. The molecule has 0 atom stereocenters. The van der Waals surface area contributed by atoms with Gasteiger partial charge in [0.2, 0.25) is 11.1 Å². The molecule has 0 aliphatic rings. The third-order valence-electron chi connectivity index (χ3n) is 4.46. The van der Waals surface area contributed by atoms with E-state index in [-0.39, 0.29) is 40.3 Å². The second kappa shape index (κ2) is 11.1. The molecule has 1 amide bonds. The molecule has 0 aliphatic carbocycles. The van der Waals surface area contributed by atoms with Crippen LogP contribution in [0.15, 0.2) is 29.4 Å². The molecule has 0 radical (unpaired) electrons. The number of ether oxygens (including phenoxy) is 2. The van der Waals surface area contributed by atoms with Crippen molar-refractivity contribution in [1.82, 2.24) is 20.2 Å². The molecule has 0 saturated heterocycles. The molecule has 174 valence electrons. The van der Waals surface area contributed by atoms with Crippen molar-refractivity contribution < 1.29 is 23.9 Å². The summed E-state index contributed by atoms with van der Waals surface area (Å²) < 4.78 is 11.7. The lowest BCUT2D eigenvalue weighted by molar-refractivity contribution is -0.113. The fourth-order valence-corrected chi connectivity index (χ4v) is 4.74. The summed E-state index contributed by atoms with van der Waals surface area (Å²) in [5.74, 6) is -1.58. The lowest BCUT2D eigenvalue weighted by Crippen LogP contribution is -2.17.